The van der Waals surface area contributed by atoms with Gasteiger partial charge in [0.25, 0.3) is 0 Å². The second-order valence-electron chi connectivity index (χ2n) is 10.3. The summed E-state index contributed by atoms with van der Waals surface area (Å²) in [7, 11) is 0. The summed E-state index contributed by atoms with van der Waals surface area (Å²) in [5.41, 5.74) is 3.23. The summed E-state index contributed by atoms with van der Waals surface area (Å²) in [4.78, 5) is 40.3. The lowest BCUT2D eigenvalue weighted by Gasteiger charge is -2.37. The Hall–Kier alpha value is -3.61. The van der Waals surface area contributed by atoms with Crippen LogP contribution in [0, 0.1) is 5.41 Å². The summed E-state index contributed by atoms with van der Waals surface area (Å²) < 4.78 is 5.95. The van der Waals surface area contributed by atoms with Gasteiger partial charge in [0, 0.05) is 24.1 Å². The Morgan fingerprint density at radius 3 is 2.64 bits per heavy atom. The zero-order chi connectivity index (χ0) is 25.9. The van der Waals surface area contributed by atoms with Gasteiger partial charge in [-0.15, -0.1) is 0 Å². The summed E-state index contributed by atoms with van der Waals surface area (Å²) in [6.07, 6.45) is 2.50. The minimum atomic E-state index is -1.04. The van der Waals surface area contributed by atoms with Crippen molar-refractivity contribution in [3.63, 3.8) is 0 Å². The van der Waals surface area contributed by atoms with Crippen LogP contribution in [0.1, 0.15) is 70.9 Å². The fraction of sp³-hybridized carbons (Fsp3) is 0.414. The largest absolute Gasteiger partial charge is 0.494 e. The van der Waals surface area contributed by atoms with Gasteiger partial charge in [-0.2, -0.15) is 0 Å². The topological polar surface area (TPSA) is 95.9 Å². The number of hydrogen-bond acceptors (Lipinski definition) is 5. The van der Waals surface area contributed by atoms with Gasteiger partial charge in [-0.1, -0.05) is 51.5 Å². The number of carboxylic acid groups (broad SMARTS) is 1. The van der Waals surface area contributed by atoms with Crippen LogP contribution in [-0.2, 0) is 14.4 Å². The molecule has 1 aliphatic carbocycles. The van der Waals surface area contributed by atoms with Gasteiger partial charge in [-0.25, -0.2) is 0 Å². The first-order chi connectivity index (χ1) is 17.2. The standard InChI is InChI=1S/C29H34N2O5/c1-4-5-15-36-20-10-8-9-19(16-20)28-27-22(17-29(2,3)18-24(27)32)30-21-11-6-7-12-23(21)31(28)25(33)13-14-26(34)35/h6-12,16,28,30H,4-5,13-15,17-18H2,1-3H3,(H,34,35)/t28-/m1/s1. The van der Waals surface area contributed by atoms with Crippen LogP contribution in [0.5, 0.6) is 5.75 Å². The zero-order valence-electron chi connectivity index (χ0n) is 21.2. The van der Waals surface area contributed by atoms with Crippen molar-refractivity contribution in [1.29, 1.82) is 0 Å². The number of unbranched alkanes of at least 4 members (excludes halogenated alkanes) is 1. The number of amides is 1. The molecule has 0 radical (unpaired) electrons. The van der Waals surface area contributed by atoms with Crippen molar-refractivity contribution >= 4 is 29.0 Å². The fourth-order valence-electron chi connectivity index (χ4n) is 5.02. The van der Waals surface area contributed by atoms with Gasteiger partial charge in [-0.3, -0.25) is 19.3 Å². The number of rotatable bonds is 8. The molecular formula is C29H34N2O5. The maximum absolute atomic E-state index is 13.7. The van der Waals surface area contributed by atoms with E-state index in [0.717, 1.165) is 29.8 Å². The van der Waals surface area contributed by atoms with E-state index in [2.05, 4.69) is 26.1 Å². The first-order valence-corrected chi connectivity index (χ1v) is 12.6. The number of anilines is 2. The average Bonchev–Trinajstić information content (AvgIpc) is 2.96. The van der Waals surface area contributed by atoms with Gasteiger partial charge in [0.1, 0.15) is 5.75 Å². The molecule has 7 nitrogen and oxygen atoms in total. The number of benzene rings is 2. The Balaban J connectivity index is 1.89. The molecule has 2 aromatic carbocycles. The first kappa shape index (κ1) is 25.5. The minimum absolute atomic E-state index is 0.0140. The van der Waals surface area contributed by atoms with Crippen LogP contribution < -0.4 is 15.0 Å². The second kappa shape index (κ2) is 10.6. The highest BCUT2D eigenvalue weighted by Gasteiger charge is 2.43. The maximum Gasteiger partial charge on any atom is 0.303 e. The molecule has 1 heterocycles. The predicted octanol–water partition coefficient (Wildman–Crippen LogP) is 5.87. The molecule has 190 valence electrons. The van der Waals surface area contributed by atoms with Crippen LogP contribution in [0.25, 0.3) is 0 Å². The average molecular weight is 491 g/mol. The van der Waals surface area contributed by atoms with E-state index in [4.69, 9.17) is 4.74 Å². The van der Waals surface area contributed by atoms with Crippen LogP contribution >= 0.6 is 0 Å². The quantitative estimate of drug-likeness (QED) is 0.449. The zero-order valence-corrected chi connectivity index (χ0v) is 21.2. The molecule has 0 saturated heterocycles. The van der Waals surface area contributed by atoms with Crippen molar-refractivity contribution in [3.8, 4) is 5.75 Å². The normalized spacial score (nSPS) is 18.6. The van der Waals surface area contributed by atoms with E-state index < -0.39 is 12.0 Å². The third-order valence-electron chi connectivity index (χ3n) is 6.66. The van der Waals surface area contributed by atoms with Crippen LogP contribution in [0.2, 0.25) is 0 Å². The van der Waals surface area contributed by atoms with Crippen LogP contribution in [-0.4, -0.2) is 29.4 Å². The highest BCUT2D eigenvalue weighted by atomic mass is 16.5. The number of allylic oxidation sites excluding steroid dienone is 1. The Kier molecular flexibility index (Phi) is 7.48. The lowest BCUT2D eigenvalue weighted by molar-refractivity contribution is -0.138. The molecule has 2 aromatic rings. The number of ether oxygens (including phenoxy) is 1. The third-order valence-corrected chi connectivity index (χ3v) is 6.66. The molecule has 2 N–H and O–H groups in total. The SMILES string of the molecule is CCCCOc1cccc([C@@H]2C3=C(CC(C)(C)CC3=O)Nc3ccccc3N2C(=O)CCC(=O)O)c1. The molecule has 0 unspecified atom stereocenters. The number of aliphatic carboxylic acids is 1. The van der Waals surface area contributed by atoms with Gasteiger partial charge in [0.15, 0.2) is 5.78 Å². The van der Waals surface area contributed by atoms with E-state index in [0.29, 0.717) is 36.5 Å². The molecule has 0 fully saturated rings. The van der Waals surface area contributed by atoms with E-state index in [9.17, 15) is 19.5 Å². The molecule has 0 aromatic heterocycles. The monoisotopic (exact) mass is 490 g/mol. The highest BCUT2D eigenvalue weighted by Crippen LogP contribution is 2.48. The molecular weight excluding hydrogens is 456 g/mol. The summed E-state index contributed by atoms with van der Waals surface area (Å²) in [6.45, 7) is 6.82. The Morgan fingerprint density at radius 2 is 1.89 bits per heavy atom. The van der Waals surface area contributed by atoms with E-state index in [1.165, 1.54) is 0 Å². The number of Topliss-reactive ketones (excluding diaryl/α,β-unsaturated/α-hetero) is 1. The number of para-hydroxylation sites is 2. The van der Waals surface area contributed by atoms with Gasteiger partial charge >= 0.3 is 5.97 Å². The van der Waals surface area contributed by atoms with Crippen molar-refractivity contribution in [2.24, 2.45) is 5.41 Å². The van der Waals surface area contributed by atoms with Gasteiger partial charge in [-0.05, 0) is 48.1 Å². The van der Waals surface area contributed by atoms with E-state index in [-0.39, 0.29) is 29.9 Å². The van der Waals surface area contributed by atoms with Crippen LogP contribution in [0.3, 0.4) is 0 Å². The van der Waals surface area contributed by atoms with Gasteiger partial charge in [0.2, 0.25) is 5.91 Å². The van der Waals surface area contributed by atoms with E-state index >= 15 is 0 Å². The number of nitrogens with zero attached hydrogens (tertiary/aromatic N) is 1. The summed E-state index contributed by atoms with van der Waals surface area (Å²) in [6, 6.07) is 14.3. The molecule has 4 rings (SSSR count). The third kappa shape index (κ3) is 5.45. The molecule has 1 amide bonds. The fourth-order valence-corrected chi connectivity index (χ4v) is 5.02. The van der Waals surface area contributed by atoms with Gasteiger partial charge in [0.05, 0.1) is 30.4 Å². The Bertz CT molecular complexity index is 1200. The molecule has 0 saturated carbocycles. The molecule has 1 aliphatic heterocycles. The lowest BCUT2D eigenvalue weighted by Crippen LogP contribution is -2.39. The first-order valence-electron chi connectivity index (χ1n) is 12.6. The number of ketones is 1. The molecule has 1 atom stereocenters. The molecule has 0 spiro atoms. The maximum atomic E-state index is 13.7. The van der Waals surface area contributed by atoms with Crippen molar-refractivity contribution in [1.82, 2.24) is 0 Å². The molecule has 2 aliphatic rings. The summed E-state index contributed by atoms with van der Waals surface area (Å²) in [5, 5.41) is 12.7. The minimum Gasteiger partial charge on any atom is -0.494 e. The van der Waals surface area contributed by atoms with Crippen molar-refractivity contribution in [2.75, 3.05) is 16.8 Å². The molecule has 36 heavy (non-hydrogen) atoms. The van der Waals surface area contributed by atoms with E-state index in [1.807, 2.05) is 48.5 Å². The number of fused-ring (bicyclic) bond motifs is 1. The number of carbonyl (C=O) groups is 3. The number of carbonyl (C=O) groups excluding carboxylic acids is 2. The Morgan fingerprint density at radius 1 is 1.11 bits per heavy atom. The van der Waals surface area contributed by atoms with Crippen molar-refractivity contribution in [2.45, 2.75) is 65.3 Å². The van der Waals surface area contributed by atoms with Crippen molar-refractivity contribution in [3.05, 3.63) is 65.4 Å². The number of carboxylic acids is 1. The molecule has 0 bridgehead atoms. The summed E-state index contributed by atoms with van der Waals surface area (Å²) in [5.74, 6) is -0.724. The van der Waals surface area contributed by atoms with Crippen LogP contribution in [0.4, 0.5) is 11.4 Å². The summed E-state index contributed by atoms with van der Waals surface area (Å²) >= 11 is 0. The highest BCUT2D eigenvalue weighted by molar-refractivity contribution is 6.06. The predicted molar refractivity (Wildman–Crippen MR) is 139 cm³/mol. The van der Waals surface area contributed by atoms with Gasteiger partial charge < -0.3 is 15.2 Å². The second-order valence-corrected chi connectivity index (χ2v) is 10.3. The van der Waals surface area contributed by atoms with E-state index in [1.54, 1.807) is 4.90 Å². The lowest BCUT2D eigenvalue weighted by atomic mass is 9.73. The Labute approximate surface area is 212 Å². The molecule has 7 heteroatoms. The smallest absolute Gasteiger partial charge is 0.303 e. The van der Waals surface area contributed by atoms with Crippen LogP contribution in [0.15, 0.2) is 59.8 Å². The van der Waals surface area contributed by atoms with Crippen molar-refractivity contribution < 1.29 is 24.2 Å². The number of hydrogen-bond donors (Lipinski definition) is 2. The number of nitrogens with one attached hydrogen (secondary N) is 1.